The first-order valence-corrected chi connectivity index (χ1v) is 5.53. The van der Waals surface area contributed by atoms with Crippen LogP contribution in [0.3, 0.4) is 0 Å². The van der Waals surface area contributed by atoms with Crippen molar-refractivity contribution in [3.05, 3.63) is 47.3 Å². The summed E-state index contributed by atoms with van der Waals surface area (Å²) < 4.78 is 28.6. The molecule has 0 bridgehead atoms. The average molecular weight is 250 g/mol. The second-order valence-corrected chi connectivity index (χ2v) is 4.29. The van der Waals surface area contributed by atoms with Crippen molar-refractivity contribution in [2.45, 2.75) is 19.8 Å². The summed E-state index contributed by atoms with van der Waals surface area (Å²) in [6.07, 6.45) is 1.90. The number of carbonyl (C=O) groups excluding carboxylic acids is 1. The van der Waals surface area contributed by atoms with Gasteiger partial charge in [0.05, 0.1) is 5.69 Å². The molecule has 0 aliphatic heterocycles. The lowest BCUT2D eigenvalue weighted by Gasteiger charge is -2.06. The summed E-state index contributed by atoms with van der Waals surface area (Å²) in [4.78, 5) is 10.5. The summed E-state index contributed by atoms with van der Waals surface area (Å²) in [7, 11) is 0. The minimum Gasteiger partial charge on any atom is -0.298 e. The van der Waals surface area contributed by atoms with Gasteiger partial charge in [-0.05, 0) is 24.1 Å². The zero-order chi connectivity index (χ0) is 13.3. The monoisotopic (exact) mass is 250 g/mol. The van der Waals surface area contributed by atoms with E-state index >= 15 is 0 Å². The number of aldehydes is 1. The highest BCUT2D eigenvalue weighted by Crippen LogP contribution is 2.20. The van der Waals surface area contributed by atoms with Gasteiger partial charge in [0.2, 0.25) is 0 Å². The van der Waals surface area contributed by atoms with E-state index in [4.69, 9.17) is 0 Å². The Morgan fingerprint density at radius 2 is 1.89 bits per heavy atom. The van der Waals surface area contributed by atoms with Crippen molar-refractivity contribution in [1.29, 1.82) is 0 Å². The topological polar surface area (TPSA) is 34.9 Å². The van der Waals surface area contributed by atoms with Gasteiger partial charge in [0, 0.05) is 11.8 Å². The molecule has 0 radical (unpaired) electrons. The summed E-state index contributed by atoms with van der Waals surface area (Å²) in [5, 5.41) is 4.11. The van der Waals surface area contributed by atoms with Crippen LogP contribution in [0.25, 0.3) is 5.69 Å². The third kappa shape index (κ3) is 2.16. The fourth-order valence-electron chi connectivity index (χ4n) is 1.64. The van der Waals surface area contributed by atoms with Gasteiger partial charge in [-0.3, -0.25) is 4.79 Å². The van der Waals surface area contributed by atoms with E-state index in [2.05, 4.69) is 5.10 Å². The molecule has 1 aromatic heterocycles. The van der Waals surface area contributed by atoms with Crippen molar-refractivity contribution >= 4 is 6.29 Å². The molecule has 2 rings (SSSR count). The van der Waals surface area contributed by atoms with Gasteiger partial charge in [0.15, 0.2) is 11.6 Å². The van der Waals surface area contributed by atoms with Gasteiger partial charge >= 0.3 is 0 Å². The first kappa shape index (κ1) is 12.4. The molecule has 0 atom stereocenters. The largest absolute Gasteiger partial charge is 0.298 e. The molecule has 0 fully saturated rings. The van der Waals surface area contributed by atoms with Crippen LogP contribution in [0.15, 0.2) is 24.4 Å². The third-order valence-electron chi connectivity index (χ3n) is 2.61. The molecule has 1 heterocycles. The van der Waals surface area contributed by atoms with Crippen molar-refractivity contribution in [3.63, 3.8) is 0 Å². The van der Waals surface area contributed by atoms with E-state index in [1.807, 2.05) is 13.8 Å². The van der Waals surface area contributed by atoms with E-state index < -0.39 is 11.6 Å². The SMILES string of the molecule is CC(C)c1ccn(-c2c(F)cc(C=O)cc2F)n1. The van der Waals surface area contributed by atoms with Crippen LogP contribution in [0.2, 0.25) is 0 Å². The second-order valence-electron chi connectivity index (χ2n) is 4.29. The van der Waals surface area contributed by atoms with Crippen molar-refractivity contribution in [1.82, 2.24) is 9.78 Å². The van der Waals surface area contributed by atoms with Crippen molar-refractivity contribution < 1.29 is 13.6 Å². The number of halogens is 2. The quantitative estimate of drug-likeness (QED) is 0.784. The number of hydrogen-bond donors (Lipinski definition) is 0. The molecule has 0 saturated carbocycles. The van der Waals surface area contributed by atoms with Crippen LogP contribution in [-0.4, -0.2) is 16.1 Å². The van der Waals surface area contributed by atoms with Crippen LogP contribution in [-0.2, 0) is 0 Å². The fourth-order valence-corrected chi connectivity index (χ4v) is 1.64. The van der Waals surface area contributed by atoms with Gasteiger partial charge in [-0.2, -0.15) is 5.10 Å². The summed E-state index contributed by atoms with van der Waals surface area (Å²) >= 11 is 0. The number of nitrogens with zero attached hydrogens (tertiary/aromatic N) is 2. The average Bonchev–Trinajstić information content (AvgIpc) is 2.77. The molecule has 3 nitrogen and oxygen atoms in total. The molecule has 0 saturated heterocycles. The third-order valence-corrected chi connectivity index (χ3v) is 2.61. The van der Waals surface area contributed by atoms with Crippen LogP contribution in [0, 0.1) is 11.6 Å². The highest BCUT2D eigenvalue weighted by atomic mass is 19.1. The van der Waals surface area contributed by atoms with E-state index in [9.17, 15) is 13.6 Å². The van der Waals surface area contributed by atoms with E-state index in [-0.39, 0.29) is 17.2 Å². The molecule has 0 spiro atoms. The molecular weight excluding hydrogens is 238 g/mol. The molecule has 94 valence electrons. The van der Waals surface area contributed by atoms with Crippen molar-refractivity contribution in [3.8, 4) is 5.69 Å². The first-order chi connectivity index (χ1) is 8.52. The van der Waals surface area contributed by atoms with E-state index in [0.29, 0.717) is 6.29 Å². The minimum absolute atomic E-state index is 0.0370. The minimum atomic E-state index is -0.810. The van der Waals surface area contributed by atoms with Gasteiger partial charge in [-0.15, -0.1) is 0 Å². The number of hydrogen-bond acceptors (Lipinski definition) is 2. The molecule has 0 aliphatic carbocycles. The highest BCUT2D eigenvalue weighted by Gasteiger charge is 2.15. The Labute approximate surface area is 103 Å². The lowest BCUT2D eigenvalue weighted by molar-refractivity contribution is 0.112. The summed E-state index contributed by atoms with van der Waals surface area (Å²) in [6.45, 7) is 3.88. The smallest absolute Gasteiger partial charge is 0.152 e. The molecule has 0 N–H and O–H groups in total. The normalized spacial score (nSPS) is 10.9. The lowest BCUT2D eigenvalue weighted by Crippen LogP contribution is -2.04. The lowest BCUT2D eigenvalue weighted by atomic mass is 10.1. The Bertz CT molecular complexity index is 567. The molecule has 0 unspecified atom stereocenters. The number of aromatic nitrogens is 2. The Kier molecular flexibility index (Phi) is 3.23. The predicted molar refractivity (Wildman–Crippen MR) is 63.0 cm³/mol. The summed E-state index contributed by atoms with van der Waals surface area (Å²) in [5.74, 6) is -1.45. The zero-order valence-electron chi connectivity index (χ0n) is 10.0. The Hall–Kier alpha value is -2.04. The van der Waals surface area contributed by atoms with Crippen molar-refractivity contribution in [2.24, 2.45) is 0 Å². The Morgan fingerprint density at radius 1 is 1.28 bits per heavy atom. The van der Waals surface area contributed by atoms with Crippen LogP contribution >= 0.6 is 0 Å². The standard InChI is InChI=1S/C13H12F2N2O/c1-8(2)12-3-4-17(16-12)13-10(14)5-9(7-18)6-11(13)15/h3-8H,1-2H3. The Balaban J connectivity index is 2.53. The fraction of sp³-hybridized carbons (Fsp3) is 0.231. The van der Waals surface area contributed by atoms with Gasteiger partial charge in [0.25, 0.3) is 0 Å². The van der Waals surface area contributed by atoms with Gasteiger partial charge in [-0.25, -0.2) is 13.5 Å². The highest BCUT2D eigenvalue weighted by molar-refractivity contribution is 5.75. The molecule has 18 heavy (non-hydrogen) atoms. The van der Waals surface area contributed by atoms with E-state index in [1.165, 1.54) is 6.20 Å². The number of benzene rings is 1. The van der Waals surface area contributed by atoms with Crippen LogP contribution in [0.5, 0.6) is 0 Å². The molecule has 1 aromatic carbocycles. The van der Waals surface area contributed by atoms with Gasteiger partial charge < -0.3 is 0 Å². The summed E-state index contributed by atoms with van der Waals surface area (Å²) in [6, 6.07) is 3.68. The number of carbonyl (C=O) groups is 1. The van der Waals surface area contributed by atoms with Crippen LogP contribution in [0.4, 0.5) is 8.78 Å². The second kappa shape index (κ2) is 4.68. The number of rotatable bonds is 3. The van der Waals surface area contributed by atoms with Gasteiger partial charge in [-0.1, -0.05) is 13.8 Å². The van der Waals surface area contributed by atoms with Crippen LogP contribution < -0.4 is 0 Å². The van der Waals surface area contributed by atoms with Crippen molar-refractivity contribution in [2.75, 3.05) is 0 Å². The Morgan fingerprint density at radius 3 is 2.33 bits per heavy atom. The van der Waals surface area contributed by atoms with Gasteiger partial charge in [0.1, 0.15) is 12.0 Å². The van der Waals surface area contributed by atoms with E-state index in [0.717, 1.165) is 22.5 Å². The van der Waals surface area contributed by atoms with Crippen LogP contribution in [0.1, 0.15) is 35.8 Å². The maximum atomic E-state index is 13.7. The maximum absolute atomic E-state index is 13.7. The molecule has 5 heteroatoms. The molecular formula is C13H12F2N2O. The molecule has 0 amide bonds. The molecule has 0 aliphatic rings. The maximum Gasteiger partial charge on any atom is 0.152 e. The summed E-state index contributed by atoms with van der Waals surface area (Å²) in [5.41, 5.74) is 0.436. The predicted octanol–water partition coefficient (Wildman–Crippen LogP) is 3.09. The molecule has 2 aromatic rings. The zero-order valence-corrected chi connectivity index (χ0v) is 10.0. The first-order valence-electron chi connectivity index (χ1n) is 5.53. The van der Waals surface area contributed by atoms with E-state index in [1.54, 1.807) is 6.07 Å².